The third kappa shape index (κ3) is 4.07. The molecule has 0 spiro atoms. The van der Waals surface area contributed by atoms with Crippen molar-refractivity contribution in [1.82, 2.24) is 19.5 Å². The van der Waals surface area contributed by atoms with Crippen molar-refractivity contribution in [1.29, 1.82) is 0 Å². The first kappa shape index (κ1) is 21.1. The van der Waals surface area contributed by atoms with Gasteiger partial charge in [-0.25, -0.2) is 9.18 Å². The van der Waals surface area contributed by atoms with Gasteiger partial charge < -0.3 is 14.7 Å². The summed E-state index contributed by atoms with van der Waals surface area (Å²) in [5, 5.41) is 4.58. The summed E-state index contributed by atoms with van der Waals surface area (Å²) in [5.74, 6) is 0.339. The Kier molecular flexibility index (Phi) is 5.55. The number of nitrogens with zero attached hydrogens (tertiary/aromatic N) is 3. The number of rotatable bonds is 5. The van der Waals surface area contributed by atoms with E-state index in [9.17, 15) is 14.0 Å². The standard InChI is InChI=1S/C24H24FN5O3/c1-33-20-8-5-15(11-16(20)14-29-9-3-2-4-10-29)13-26-30-23(31)22-21(28-24(30)32)18-12-17(25)6-7-19(18)27-22/h5-8,11-13,27H,2-4,9-10,14H2,1H3,(H,28,32)/b26-13-. The van der Waals surface area contributed by atoms with Gasteiger partial charge in [0.2, 0.25) is 0 Å². The molecule has 0 aliphatic carbocycles. The Morgan fingerprint density at radius 3 is 2.67 bits per heavy atom. The van der Waals surface area contributed by atoms with E-state index >= 15 is 0 Å². The third-order valence-corrected chi connectivity index (χ3v) is 6.06. The molecule has 1 aliphatic rings. The molecular formula is C24H24FN5O3. The molecule has 9 heteroatoms. The van der Waals surface area contributed by atoms with Crippen LogP contribution in [-0.2, 0) is 6.54 Å². The second kappa shape index (κ2) is 8.67. The summed E-state index contributed by atoms with van der Waals surface area (Å²) in [6, 6.07) is 9.74. The largest absolute Gasteiger partial charge is 0.496 e. The van der Waals surface area contributed by atoms with Crippen molar-refractivity contribution in [2.75, 3.05) is 20.2 Å². The lowest BCUT2D eigenvalue weighted by atomic mass is 10.1. The maximum absolute atomic E-state index is 13.6. The Balaban J connectivity index is 1.50. The number of benzene rings is 2. The predicted octanol–water partition coefficient (Wildman–Crippen LogP) is 3.19. The van der Waals surface area contributed by atoms with Gasteiger partial charge in [0.15, 0.2) is 0 Å². The first-order chi connectivity index (χ1) is 16.0. The zero-order valence-electron chi connectivity index (χ0n) is 18.2. The van der Waals surface area contributed by atoms with Crippen molar-refractivity contribution in [2.24, 2.45) is 5.10 Å². The summed E-state index contributed by atoms with van der Waals surface area (Å²) < 4.78 is 19.9. The van der Waals surface area contributed by atoms with Gasteiger partial charge in [-0.2, -0.15) is 5.10 Å². The van der Waals surface area contributed by atoms with E-state index in [2.05, 4.69) is 20.0 Å². The molecule has 8 nitrogen and oxygen atoms in total. The van der Waals surface area contributed by atoms with Gasteiger partial charge in [-0.15, -0.1) is 4.68 Å². The Morgan fingerprint density at radius 2 is 1.88 bits per heavy atom. The summed E-state index contributed by atoms with van der Waals surface area (Å²) in [7, 11) is 1.64. The van der Waals surface area contributed by atoms with Crippen LogP contribution in [-0.4, -0.2) is 46.0 Å². The van der Waals surface area contributed by atoms with Crippen molar-refractivity contribution >= 4 is 28.2 Å². The molecule has 5 rings (SSSR count). The Labute approximate surface area is 188 Å². The zero-order valence-corrected chi connectivity index (χ0v) is 18.2. The normalized spacial score (nSPS) is 15.1. The minimum Gasteiger partial charge on any atom is -0.496 e. The average Bonchev–Trinajstić information content (AvgIpc) is 3.17. The number of piperidine rings is 1. The van der Waals surface area contributed by atoms with Crippen LogP contribution in [0.1, 0.15) is 30.4 Å². The molecule has 0 amide bonds. The lowest BCUT2D eigenvalue weighted by Crippen LogP contribution is -2.32. The Hall–Kier alpha value is -3.72. The Morgan fingerprint density at radius 1 is 1.06 bits per heavy atom. The molecule has 0 bridgehead atoms. The van der Waals surface area contributed by atoms with Gasteiger partial charge >= 0.3 is 11.2 Å². The summed E-state index contributed by atoms with van der Waals surface area (Å²) in [4.78, 5) is 33.5. The number of ether oxygens (including phenoxy) is 1. The molecule has 33 heavy (non-hydrogen) atoms. The number of fused-ring (bicyclic) bond motifs is 3. The third-order valence-electron chi connectivity index (χ3n) is 6.06. The molecule has 4 aromatic rings. The first-order valence-electron chi connectivity index (χ1n) is 10.9. The fourth-order valence-electron chi connectivity index (χ4n) is 4.40. The van der Waals surface area contributed by atoms with Gasteiger partial charge in [0, 0.05) is 23.0 Å². The van der Waals surface area contributed by atoms with Crippen LogP contribution in [0.4, 0.5) is 4.39 Å². The number of H-pyrrole nitrogens is 2. The molecule has 0 saturated carbocycles. The van der Waals surface area contributed by atoms with Crippen molar-refractivity contribution in [3.05, 3.63) is 74.2 Å². The molecule has 0 atom stereocenters. The predicted molar refractivity (Wildman–Crippen MR) is 126 cm³/mol. The molecule has 3 heterocycles. The van der Waals surface area contributed by atoms with Gasteiger partial charge in [0.05, 0.1) is 18.8 Å². The van der Waals surface area contributed by atoms with Crippen molar-refractivity contribution in [2.45, 2.75) is 25.8 Å². The van der Waals surface area contributed by atoms with E-state index in [0.29, 0.717) is 10.9 Å². The number of aromatic amines is 2. The van der Waals surface area contributed by atoms with Crippen LogP contribution in [0.15, 0.2) is 51.1 Å². The highest BCUT2D eigenvalue weighted by Crippen LogP contribution is 2.23. The van der Waals surface area contributed by atoms with Crippen molar-refractivity contribution in [3.8, 4) is 5.75 Å². The molecule has 1 saturated heterocycles. The van der Waals surface area contributed by atoms with E-state index < -0.39 is 17.1 Å². The van der Waals surface area contributed by atoms with Crippen LogP contribution in [0.5, 0.6) is 5.75 Å². The number of halogens is 1. The highest BCUT2D eigenvalue weighted by atomic mass is 19.1. The van der Waals surface area contributed by atoms with Crippen LogP contribution in [0, 0.1) is 5.82 Å². The maximum atomic E-state index is 13.6. The van der Waals surface area contributed by atoms with Gasteiger partial charge in [-0.05, 0) is 67.9 Å². The zero-order chi connectivity index (χ0) is 22.9. The highest BCUT2D eigenvalue weighted by molar-refractivity contribution is 6.04. The second-order valence-electron chi connectivity index (χ2n) is 8.26. The monoisotopic (exact) mass is 449 g/mol. The van der Waals surface area contributed by atoms with E-state index in [4.69, 9.17) is 4.74 Å². The van der Waals surface area contributed by atoms with E-state index in [1.165, 1.54) is 43.7 Å². The van der Waals surface area contributed by atoms with E-state index in [1.54, 1.807) is 7.11 Å². The molecular weight excluding hydrogens is 425 g/mol. The Bertz CT molecular complexity index is 1480. The van der Waals surface area contributed by atoms with Crippen LogP contribution in [0.2, 0.25) is 0 Å². The van der Waals surface area contributed by atoms with Gasteiger partial charge in [0.1, 0.15) is 17.1 Å². The molecule has 0 radical (unpaired) electrons. The number of hydrogen-bond donors (Lipinski definition) is 2. The molecule has 2 aromatic heterocycles. The van der Waals surface area contributed by atoms with Crippen LogP contribution >= 0.6 is 0 Å². The SMILES string of the molecule is COc1ccc(/C=N\n2c(=O)[nH]c3c([nH]c4ccc(F)cc43)c2=O)cc1CN1CCCCC1. The smallest absolute Gasteiger partial charge is 0.350 e. The van der Waals surface area contributed by atoms with Crippen LogP contribution < -0.4 is 16.0 Å². The molecule has 1 fully saturated rings. The summed E-state index contributed by atoms with van der Waals surface area (Å²) in [6.45, 7) is 2.88. The topological polar surface area (TPSA) is 95.5 Å². The van der Waals surface area contributed by atoms with E-state index in [1.807, 2.05) is 18.2 Å². The minimum absolute atomic E-state index is 0.160. The summed E-state index contributed by atoms with van der Waals surface area (Å²) >= 11 is 0. The van der Waals surface area contributed by atoms with Crippen molar-refractivity contribution in [3.63, 3.8) is 0 Å². The molecule has 1 aliphatic heterocycles. The highest BCUT2D eigenvalue weighted by Gasteiger charge is 2.15. The van der Waals surface area contributed by atoms with E-state index in [0.717, 1.165) is 41.2 Å². The molecule has 170 valence electrons. The lowest BCUT2D eigenvalue weighted by Gasteiger charge is -2.27. The second-order valence-corrected chi connectivity index (χ2v) is 8.26. The van der Waals surface area contributed by atoms with Crippen LogP contribution in [0.3, 0.4) is 0 Å². The van der Waals surface area contributed by atoms with Crippen LogP contribution in [0.25, 0.3) is 21.9 Å². The van der Waals surface area contributed by atoms with Crippen molar-refractivity contribution < 1.29 is 9.13 Å². The maximum Gasteiger partial charge on any atom is 0.350 e. The number of hydrogen-bond acceptors (Lipinski definition) is 5. The fraction of sp³-hybridized carbons (Fsp3) is 0.292. The van der Waals surface area contributed by atoms with E-state index in [-0.39, 0.29) is 11.0 Å². The number of nitrogens with one attached hydrogen (secondary N) is 2. The minimum atomic E-state index is -0.698. The number of aromatic nitrogens is 3. The van der Waals surface area contributed by atoms with Gasteiger partial charge in [0.25, 0.3) is 0 Å². The fourth-order valence-corrected chi connectivity index (χ4v) is 4.40. The quantitative estimate of drug-likeness (QED) is 0.458. The van der Waals surface area contributed by atoms with Gasteiger partial charge in [-0.1, -0.05) is 6.42 Å². The molecule has 0 unspecified atom stereocenters. The lowest BCUT2D eigenvalue weighted by molar-refractivity contribution is 0.218. The first-order valence-corrected chi connectivity index (χ1v) is 10.9. The molecule has 2 N–H and O–H groups in total. The number of methoxy groups -OCH3 is 1. The van der Waals surface area contributed by atoms with Gasteiger partial charge in [-0.3, -0.25) is 9.69 Å². The average molecular weight is 449 g/mol. The number of likely N-dealkylation sites (tertiary alicyclic amines) is 1. The molecule has 2 aromatic carbocycles. The summed E-state index contributed by atoms with van der Waals surface area (Å²) in [5.41, 5.74) is 1.44. The summed E-state index contributed by atoms with van der Waals surface area (Å²) in [6.07, 6.45) is 5.12.